The molecule has 0 radical (unpaired) electrons. The molecule has 0 saturated carbocycles. The molecule has 0 aliphatic heterocycles. The van der Waals surface area contributed by atoms with Crippen LogP contribution >= 0.6 is 0 Å². The topological polar surface area (TPSA) is 96.4 Å². The molecule has 1 N–H and O–H groups in total. The number of hydrogen-bond acceptors (Lipinski definition) is 5. The fourth-order valence-electron chi connectivity index (χ4n) is 1.75. The summed E-state index contributed by atoms with van der Waals surface area (Å²) in [6.07, 6.45) is 11.7. The third kappa shape index (κ3) is 27.7. The summed E-state index contributed by atoms with van der Waals surface area (Å²) in [5.74, 6) is 0. The van der Waals surface area contributed by atoms with E-state index in [0.29, 0.717) is 6.42 Å². The summed E-state index contributed by atoms with van der Waals surface area (Å²) in [5.41, 5.74) is 0. The fourth-order valence-corrected chi connectivity index (χ4v) is 2.07. The van der Waals surface area contributed by atoms with Crippen LogP contribution in [0, 0.1) is 0 Å². The van der Waals surface area contributed by atoms with E-state index in [9.17, 15) is 13.0 Å². The van der Waals surface area contributed by atoms with Crippen LogP contribution < -0.4 is 29.6 Å². The predicted molar refractivity (Wildman–Crippen MR) is 75.2 cm³/mol. The van der Waals surface area contributed by atoms with Crippen LogP contribution in [0.3, 0.4) is 0 Å². The van der Waals surface area contributed by atoms with Crippen molar-refractivity contribution in [3.8, 4) is 0 Å². The number of hydrogen-bond donors (Lipinski definition) is 0. The molecule has 0 aliphatic carbocycles. The first-order valence-electron chi connectivity index (χ1n) is 6.66. The zero-order valence-electron chi connectivity index (χ0n) is 12.8. The van der Waals surface area contributed by atoms with Crippen molar-refractivity contribution in [2.75, 3.05) is 6.61 Å². The van der Waals surface area contributed by atoms with Gasteiger partial charge in [-0.2, -0.15) is 0 Å². The molecule has 0 aliphatic rings. The van der Waals surface area contributed by atoms with Crippen LogP contribution in [0.5, 0.6) is 0 Å². The first-order valence-corrected chi connectivity index (χ1v) is 8.00. The summed E-state index contributed by atoms with van der Waals surface area (Å²) < 4.78 is 34.5. The Morgan fingerprint density at radius 2 is 1.20 bits per heavy atom. The van der Waals surface area contributed by atoms with Crippen LogP contribution in [0.4, 0.5) is 0 Å². The average molecular weight is 332 g/mol. The molecule has 8 heteroatoms. The molecule has 0 saturated heterocycles. The summed E-state index contributed by atoms with van der Waals surface area (Å²) in [6.45, 7) is 2.24. The Morgan fingerprint density at radius 3 is 1.55 bits per heavy atom. The summed E-state index contributed by atoms with van der Waals surface area (Å²) >= 11 is 0. The first kappa shape index (κ1) is 29.4. The molecule has 0 bridgehead atoms. The van der Waals surface area contributed by atoms with E-state index in [1.54, 1.807) is 0 Å². The van der Waals surface area contributed by atoms with Gasteiger partial charge in [0.05, 0.1) is 6.61 Å². The van der Waals surface area contributed by atoms with Gasteiger partial charge in [-0.25, -0.2) is 8.42 Å². The molecule has 0 unspecified atom stereocenters. The zero-order valence-corrected chi connectivity index (χ0v) is 16.8. The smallest absolute Gasteiger partial charge is 0.870 e. The molecule has 0 rings (SSSR count). The van der Waals surface area contributed by atoms with Gasteiger partial charge in [-0.3, -0.25) is 4.18 Å². The van der Waals surface area contributed by atoms with Crippen LogP contribution in [-0.2, 0) is 14.6 Å². The van der Waals surface area contributed by atoms with Gasteiger partial charge < -0.3 is 10.0 Å². The van der Waals surface area contributed by atoms with E-state index in [2.05, 4.69) is 11.1 Å². The molecule has 0 aromatic rings. The van der Waals surface area contributed by atoms with Crippen LogP contribution in [0.25, 0.3) is 0 Å². The third-order valence-corrected chi connectivity index (χ3v) is 3.18. The Morgan fingerprint density at radius 1 is 0.850 bits per heavy atom. The second-order valence-corrected chi connectivity index (χ2v) is 5.46. The third-order valence-electron chi connectivity index (χ3n) is 2.73. The van der Waals surface area contributed by atoms with Crippen molar-refractivity contribution < 1.29 is 52.2 Å². The van der Waals surface area contributed by atoms with E-state index in [4.69, 9.17) is 0 Å². The summed E-state index contributed by atoms with van der Waals surface area (Å²) in [6, 6.07) is 0. The van der Waals surface area contributed by atoms with Gasteiger partial charge in [0.15, 0.2) is 0 Å². The second kappa shape index (κ2) is 20.4. The molecule has 0 aromatic heterocycles. The quantitative estimate of drug-likeness (QED) is 0.214. The minimum Gasteiger partial charge on any atom is -0.870 e. The van der Waals surface area contributed by atoms with Crippen molar-refractivity contribution in [1.29, 1.82) is 0 Å². The molecule has 0 heterocycles. The molecule has 0 amide bonds. The monoisotopic (exact) mass is 332 g/mol. The molecule has 0 aromatic carbocycles. The maximum atomic E-state index is 10.1. The Bertz CT molecular complexity index is 263. The second-order valence-electron chi connectivity index (χ2n) is 4.41. The molecule has 0 fully saturated rings. The Labute approximate surface area is 156 Å². The molecular formula is C12H26AlNaO5S+2. The van der Waals surface area contributed by atoms with Gasteiger partial charge in [-0.05, 0) is 6.42 Å². The van der Waals surface area contributed by atoms with Crippen LogP contribution in [0.1, 0.15) is 71.1 Å². The van der Waals surface area contributed by atoms with E-state index in [1.807, 2.05) is 0 Å². The van der Waals surface area contributed by atoms with Gasteiger partial charge in [0, 0.05) is 0 Å². The first-order chi connectivity index (χ1) is 8.06. The maximum Gasteiger partial charge on any atom is 3.00 e. The Balaban J connectivity index is -0.000000427. The van der Waals surface area contributed by atoms with E-state index in [0.717, 1.165) is 12.8 Å². The van der Waals surface area contributed by atoms with Crippen LogP contribution in [0.2, 0.25) is 0 Å². The average Bonchev–Trinajstić information content (AvgIpc) is 2.24. The largest absolute Gasteiger partial charge is 3.00 e. The molecular weight excluding hydrogens is 306 g/mol. The van der Waals surface area contributed by atoms with E-state index in [1.165, 1.54) is 44.9 Å². The minimum absolute atomic E-state index is 0. The molecule has 112 valence electrons. The van der Waals surface area contributed by atoms with Crippen molar-refractivity contribution in [2.24, 2.45) is 0 Å². The minimum atomic E-state index is -4.48. The van der Waals surface area contributed by atoms with Gasteiger partial charge >= 0.3 is 46.9 Å². The van der Waals surface area contributed by atoms with E-state index < -0.39 is 10.4 Å². The van der Waals surface area contributed by atoms with E-state index >= 15 is 0 Å². The molecule has 20 heavy (non-hydrogen) atoms. The molecule has 0 atom stereocenters. The Hall–Kier alpha value is 1.36. The van der Waals surface area contributed by atoms with Gasteiger partial charge in [-0.1, -0.05) is 64.7 Å². The summed E-state index contributed by atoms with van der Waals surface area (Å²) in [5, 5.41) is 0. The SMILES string of the molecule is CCCCCCCCCCCCOS(=O)(=O)[O-].[Al+3].[Na+].[OH-]. The van der Waals surface area contributed by atoms with Gasteiger partial charge in [0.2, 0.25) is 10.4 Å². The van der Waals surface area contributed by atoms with Crippen LogP contribution in [-0.4, -0.2) is 42.4 Å². The van der Waals surface area contributed by atoms with Gasteiger partial charge in [0.1, 0.15) is 0 Å². The standard InChI is InChI=1S/C12H26O4S.Al.Na.H2O/c1-2-3-4-5-6-7-8-9-10-11-12-16-17(13,14)15;;;/h2-12H2,1H3,(H,13,14,15);;;1H2/q;+3;+1;/p-2. The summed E-state index contributed by atoms with van der Waals surface area (Å²) in [7, 11) is -4.48. The fraction of sp³-hybridized carbons (Fsp3) is 1.00. The number of unbranched alkanes of at least 4 members (excludes halogenated alkanes) is 9. The van der Waals surface area contributed by atoms with Gasteiger partial charge in [-0.15, -0.1) is 0 Å². The summed E-state index contributed by atoms with van der Waals surface area (Å²) in [4.78, 5) is 0. The molecule has 0 spiro atoms. The Kier molecular flexibility index (Phi) is 29.9. The predicted octanol–water partition coefficient (Wildman–Crippen LogP) is -0.169. The normalized spacial score (nSPS) is 10.1. The van der Waals surface area contributed by atoms with Crippen molar-refractivity contribution in [3.05, 3.63) is 0 Å². The van der Waals surface area contributed by atoms with E-state index in [-0.39, 0.29) is 59.0 Å². The van der Waals surface area contributed by atoms with Crippen molar-refractivity contribution in [3.63, 3.8) is 0 Å². The van der Waals surface area contributed by atoms with Gasteiger partial charge in [0.25, 0.3) is 0 Å². The number of rotatable bonds is 12. The van der Waals surface area contributed by atoms with Crippen molar-refractivity contribution in [2.45, 2.75) is 71.1 Å². The van der Waals surface area contributed by atoms with Crippen LogP contribution in [0.15, 0.2) is 0 Å². The molecule has 5 nitrogen and oxygen atoms in total. The van der Waals surface area contributed by atoms with Crippen molar-refractivity contribution in [1.82, 2.24) is 0 Å². The maximum absolute atomic E-state index is 10.1. The van der Waals surface area contributed by atoms with Crippen molar-refractivity contribution >= 4 is 27.8 Å². The zero-order chi connectivity index (χ0) is 13.0.